The van der Waals surface area contributed by atoms with Crippen molar-refractivity contribution < 1.29 is 27.9 Å². The number of nitrogens with zero attached hydrogens (tertiary/aromatic N) is 1. The van der Waals surface area contributed by atoms with Crippen LogP contribution in [0.25, 0.3) is 0 Å². The second-order valence-corrected chi connectivity index (χ2v) is 3.82. The average molecular weight is 274 g/mol. The van der Waals surface area contributed by atoms with E-state index in [1.165, 1.54) is 17.6 Å². The molecule has 1 amide bonds. The van der Waals surface area contributed by atoms with E-state index in [1.807, 2.05) is 0 Å². The molecule has 0 fully saturated rings. The molecular formula is C11H9F3N2O3. The number of carbonyl (C=O) groups is 1. The minimum Gasteiger partial charge on any atom is -0.475 e. The van der Waals surface area contributed by atoms with Crippen molar-refractivity contribution in [3.8, 4) is 0 Å². The van der Waals surface area contributed by atoms with Gasteiger partial charge in [0.05, 0.1) is 5.56 Å². The van der Waals surface area contributed by atoms with Crippen LogP contribution in [-0.2, 0) is 15.7 Å². The van der Waals surface area contributed by atoms with E-state index in [2.05, 4.69) is 4.99 Å². The summed E-state index contributed by atoms with van der Waals surface area (Å²) in [5.41, 5.74) is 0.709. The number of ether oxygens (including phenoxy) is 1. The molecule has 0 aliphatic carbocycles. The normalized spacial score (nSPS) is 18.7. The Hall–Kier alpha value is -2.09. The van der Waals surface area contributed by atoms with Crippen LogP contribution in [0.5, 0.6) is 0 Å². The number of carbonyl (C=O) groups excluding carboxylic acids is 1. The largest absolute Gasteiger partial charge is 0.475 e. The molecule has 0 spiro atoms. The van der Waals surface area contributed by atoms with Crippen molar-refractivity contribution in [3.63, 3.8) is 0 Å². The topological polar surface area (TPSA) is 70.9 Å². The van der Waals surface area contributed by atoms with Gasteiger partial charge >= 0.3 is 6.18 Å². The molecule has 1 heterocycles. The van der Waals surface area contributed by atoms with Crippen molar-refractivity contribution in [1.29, 1.82) is 0 Å². The standard InChI is InChI=1S/C11H9F3N2O3/c12-11(13,14)7-3-1-2-6(4-7)10-15-8(5-19-10)9(17)16-18/h1-4,8,18H,5H2,(H,16,17)/t8-/m1/s1. The second kappa shape index (κ2) is 4.88. The summed E-state index contributed by atoms with van der Waals surface area (Å²) in [6.45, 7) is -0.127. The first-order valence-electron chi connectivity index (χ1n) is 5.24. The van der Waals surface area contributed by atoms with Gasteiger partial charge in [0.15, 0.2) is 6.04 Å². The molecule has 1 aromatic rings. The third-order valence-corrected chi connectivity index (χ3v) is 2.50. The molecular weight excluding hydrogens is 265 g/mol. The summed E-state index contributed by atoms with van der Waals surface area (Å²) in [5, 5.41) is 8.43. The fourth-order valence-electron chi connectivity index (χ4n) is 1.57. The van der Waals surface area contributed by atoms with E-state index in [-0.39, 0.29) is 18.1 Å². The van der Waals surface area contributed by atoms with Crippen LogP contribution < -0.4 is 5.48 Å². The van der Waals surface area contributed by atoms with Crippen molar-refractivity contribution in [2.24, 2.45) is 4.99 Å². The van der Waals surface area contributed by atoms with Gasteiger partial charge in [0.2, 0.25) is 5.90 Å². The number of amides is 1. The quantitative estimate of drug-likeness (QED) is 0.632. The minimum absolute atomic E-state index is 0.0558. The smallest absolute Gasteiger partial charge is 0.416 e. The van der Waals surface area contributed by atoms with Crippen LogP contribution in [0.3, 0.4) is 0 Å². The molecule has 2 rings (SSSR count). The molecule has 0 aromatic heterocycles. The van der Waals surface area contributed by atoms with E-state index in [9.17, 15) is 18.0 Å². The lowest BCUT2D eigenvalue weighted by Crippen LogP contribution is -2.31. The Balaban J connectivity index is 2.26. The SMILES string of the molecule is O=C(NO)[C@H]1COC(c2cccc(C(F)(F)F)c2)=N1. The summed E-state index contributed by atoms with van der Waals surface area (Å²) in [4.78, 5) is 14.9. The Morgan fingerprint density at radius 1 is 1.47 bits per heavy atom. The second-order valence-electron chi connectivity index (χ2n) is 3.82. The summed E-state index contributed by atoms with van der Waals surface area (Å²) in [6, 6.07) is 3.47. The van der Waals surface area contributed by atoms with Gasteiger partial charge in [-0.15, -0.1) is 0 Å². The Labute approximate surface area is 105 Å². The molecule has 19 heavy (non-hydrogen) atoms. The maximum Gasteiger partial charge on any atom is 0.416 e. The predicted octanol–water partition coefficient (Wildman–Crippen LogP) is 1.36. The van der Waals surface area contributed by atoms with E-state index in [4.69, 9.17) is 9.94 Å². The number of alkyl halides is 3. The Morgan fingerprint density at radius 3 is 2.84 bits per heavy atom. The molecule has 0 saturated carbocycles. The van der Waals surface area contributed by atoms with Crippen LogP contribution in [0.4, 0.5) is 13.2 Å². The highest BCUT2D eigenvalue weighted by Crippen LogP contribution is 2.30. The fraction of sp³-hybridized carbons (Fsp3) is 0.273. The monoisotopic (exact) mass is 274 g/mol. The number of nitrogens with one attached hydrogen (secondary N) is 1. The van der Waals surface area contributed by atoms with Crippen molar-refractivity contribution in [2.45, 2.75) is 12.2 Å². The van der Waals surface area contributed by atoms with Crippen molar-refractivity contribution in [1.82, 2.24) is 5.48 Å². The molecule has 0 bridgehead atoms. The molecule has 1 aromatic carbocycles. The number of hydrogen-bond donors (Lipinski definition) is 2. The maximum atomic E-state index is 12.5. The summed E-state index contributed by atoms with van der Waals surface area (Å²) in [5.74, 6) is -0.832. The van der Waals surface area contributed by atoms with Gasteiger partial charge in [-0.05, 0) is 18.2 Å². The lowest BCUT2D eigenvalue weighted by Gasteiger charge is -2.08. The van der Waals surface area contributed by atoms with E-state index in [0.717, 1.165) is 12.1 Å². The van der Waals surface area contributed by atoms with Crippen LogP contribution in [0.1, 0.15) is 11.1 Å². The highest BCUT2D eigenvalue weighted by atomic mass is 19.4. The van der Waals surface area contributed by atoms with Gasteiger partial charge in [0.25, 0.3) is 5.91 Å². The molecule has 1 aliphatic heterocycles. The van der Waals surface area contributed by atoms with Crippen molar-refractivity contribution >= 4 is 11.8 Å². The zero-order valence-corrected chi connectivity index (χ0v) is 9.44. The first-order chi connectivity index (χ1) is 8.91. The lowest BCUT2D eigenvalue weighted by molar-refractivity contribution is -0.137. The molecule has 0 saturated heterocycles. The number of hydroxylamine groups is 1. The molecule has 2 N–H and O–H groups in total. The number of rotatable bonds is 2. The van der Waals surface area contributed by atoms with E-state index < -0.39 is 23.7 Å². The van der Waals surface area contributed by atoms with Crippen LogP contribution in [0.15, 0.2) is 29.3 Å². The molecule has 5 nitrogen and oxygen atoms in total. The zero-order chi connectivity index (χ0) is 14.0. The number of aliphatic imine (C=N–C) groups is 1. The molecule has 8 heteroatoms. The number of hydrogen-bond acceptors (Lipinski definition) is 4. The molecule has 1 aliphatic rings. The summed E-state index contributed by atoms with van der Waals surface area (Å²) < 4.78 is 42.7. The van der Waals surface area contributed by atoms with Crippen molar-refractivity contribution in [2.75, 3.05) is 6.61 Å². The third kappa shape index (κ3) is 2.84. The van der Waals surface area contributed by atoms with E-state index >= 15 is 0 Å². The maximum absolute atomic E-state index is 12.5. The minimum atomic E-state index is -4.46. The predicted molar refractivity (Wildman–Crippen MR) is 57.7 cm³/mol. The van der Waals surface area contributed by atoms with Gasteiger partial charge in [0.1, 0.15) is 6.61 Å². The van der Waals surface area contributed by atoms with Crippen LogP contribution >= 0.6 is 0 Å². The molecule has 1 atom stereocenters. The van der Waals surface area contributed by atoms with Crippen molar-refractivity contribution in [3.05, 3.63) is 35.4 Å². The fourth-order valence-corrected chi connectivity index (χ4v) is 1.57. The Morgan fingerprint density at radius 2 is 2.21 bits per heavy atom. The van der Waals surface area contributed by atoms with E-state index in [1.54, 1.807) is 0 Å². The average Bonchev–Trinajstić information content (AvgIpc) is 2.86. The van der Waals surface area contributed by atoms with Gasteiger partial charge in [-0.25, -0.2) is 10.5 Å². The highest BCUT2D eigenvalue weighted by molar-refractivity contribution is 5.98. The van der Waals surface area contributed by atoms with Gasteiger partial charge in [-0.1, -0.05) is 6.07 Å². The molecule has 0 unspecified atom stereocenters. The summed E-state index contributed by atoms with van der Waals surface area (Å²) in [6.07, 6.45) is -4.46. The highest BCUT2D eigenvalue weighted by Gasteiger charge is 2.32. The Bertz CT molecular complexity index is 528. The molecule has 0 radical (unpaired) electrons. The van der Waals surface area contributed by atoms with Gasteiger partial charge in [-0.2, -0.15) is 13.2 Å². The zero-order valence-electron chi connectivity index (χ0n) is 9.44. The van der Waals surface area contributed by atoms with Gasteiger partial charge in [0, 0.05) is 5.56 Å². The third-order valence-electron chi connectivity index (χ3n) is 2.50. The Kier molecular flexibility index (Phi) is 3.43. The van der Waals surface area contributed by atoms with Gasteiger partial charge < -0.3 is 4.74 Å². The lowest BCUT2D eigenvalue weighted by atomic mass is 10.1. The summed E-state index contributed by atoms with van der Waals surface area (Å²) in [7, 11) is 0. The van der Waals surface area contributed by atoms with Crippen LogP contribution in [-0.4, -0.2) is 29.7 Å². The van der Waals surface area contributed by atoms with Gasteiger partial charge in [-0.3, -0.25) is 10.0 Å². The number of benzene rings is 1. The first kappa shape index (κ1) is 13.3. The first-order valence-corrected chi connectivity index (χ1v) is 5.24. The molecule has 102 valence electrons. The van der Waals surface area contributed by atoms with Crippen LogP contribution in [0.2, 0.25) is 0 Å². The summed E-state index contributed by atoms with van der Waals surface area (Å²) >= 11 is 0. The van der Waals surface area contributed by atoms with E-state index in [0.29, 0.717) is 0 Å². The van der Waals surface area contributed by atoms with Crippen LogP contribution in [0, 0.1) is 0 Å². The number of halogens is 3.